The van der Waals surface area contributed by atoms with Crippen LogP contribution in [0.1, 0.15) is 13.8 Å². The molecule has 0 bridgehead atoms. The van der Waals surface area contributed by atoms with Crippen molar-refractivity contribution in [1.29, 1.82) is 0 Å². The molecular formula is C18H18N2. The lowest BCUT2D eigenvalue weighted by Gasteiger charge is -2.26. The van der Waals surface area contributed by atoms with Gasteiger partial charge in [-0.2, -0.15) is 0 Å². The summed E-state index contributed by atoms with van der Waals surface area (Å²) in [6.45, 7) is 11.7. The summed E-state index contributed by atoms with van der Waals surface area (Å²) in [7, 11) is 0. The lowest BCUT2D eigenvalue weighted by molar-refractivity contribution is 1.38. The molecule has 0 amide bonds. The van der Waals surface area contributed by atoms with Crippen LogP contribution in [0.25, 0.3) is 22.3 Å². The van der Waals surface area contributed by atoms with Gasteiger partial charge in [0.1, 0.15) is 0 Å². The Hall–Kier alpha value is -2.48. The number of fused-ring (bicyclic) bond motifs is 4. The summed E-state index contributed by atoms with van der Waals surface area (Å²) in [4.78, 5) is 0. The van der Waals surface area contributed by atoms with Crippen LogP contribution in [0, 0.1) is 0 Å². The second-order valence-electron chi connectivity index (χ2n) is 5.33. The molecule has 0 saturated carbocycles. The fourth-order valence-electron chi connectivity index (χ4n) is 2.59. The average Bonchev–Trinajstić information content (AvgIpc) is 2.35. The van der Waals surface area contributed by atoms with Gasteiger partial charge in [-0.25, -0.2) is 0 Å². The fourth-order valence-corrected chi connectivity index (χ4v) is 2.59. The highest BCUT2D eigenvalue weighted by Gasteiger charge is 2.22. The molecule has 3 rings (SSSR count). The van der Waals surface area contributed by atoms with E-state index in [4.69, 9.17) is 0 Å². The Labute approximate surface area is 119 Å². The van der Waals surface area contributed by atoms with Crippen LogP contribution < -0.4 is 10.6 Å². The Bertz CT molecular complexity index is 648. The van der Waals surface area contributed by atoms with Gasteiger partial charge in [0.25, 0.3) is 0 Å². The minimum Gasteiger partial charge on any atom is -0.360 e. The molecule has 1 aliphatic rings. The first kappa shape index (κ1) is 12.5. The Kier molecular flexibility index (Phi) is 2.87. The van der Waals surface area contributed by atoms with Crippen LogP contribution >= 0.6 is 0 Å². The van der Waals surface area contributed by atoms with Crippen molar-refractivity contribution in [2.45, 2.75) is 13.8 Å². The van der Waals surface area contributed by atoms with Gasteiger partial charge in [-0.15, -0.1) is 0 Å². The molecule has 2 aromatic carbocycles. The minimum atomic E-state index is 0.950. The second-order valence-corrected chi connectivity index (χ2v) is 5.33. The lowest BCUT2D eigenvalue weighted by atomic mass is 9.80. The molecule has 1 aliphatic carbocycles. The van der Waals surface area contributed by atoms with Crippen molar-refractivity contribution < 1.29 is 0 Å². The predicted octanol–water partition coefficient (Wildman–Crippen LogP) is 5.23. The van der Waals surface area contributed by atoms with Gasteiger partial charge in [-0.05, 0) is 60.4 Å². The summed E-state index contributed by atoms with van der Waals surface area (Å²) in [5, 5.41) is 6.51. The topological polar surface area (TPSA) is 24.1 Å². The Morgan fingerprint density at radius 2 is 1.10 bits per heavy atom. The van der Waals surface area contributed by atoms with E-state index in [-0.39, 0.29) is 0 Å². The molecule has 0 aromatic heterocycles. The maximum absolute atomic E-state index is 3.88. The van der Waals surface area contributed by atoms with Gasteiger partial charge in [0.05, 0.1) is 0 Å². The second kappa shape index (κ2) is 4.57. The third kappa shape index (κ3) is 2.10. The number of hydrogen-bond donors (Lipinski definition) is 2. The molecular weight excluding hydrogens is 244 g/mol. The van der Waals surface area contributed by atoms with Gasteiger partial charge < -0.3 is 10.6 Å². The maximum atomic E-state index is 3.88. The van der Waals surface area contributed by atoms with E-state index in [0.717, 1.165) is 22.8 Å². The summed E-state index contributed by atoms with van der Waals surface area (Å²) in [6, 6.07) is 12.9. The molecule has 2 nitrogen and oxygen atoms in total. The van der Waals surface area contributed by atoms with Crippen molar-refractivity contribution in [2.75, 3.05) is 10.6 Å². The standard InChI is InChI=1S/C18H18N2/c1-11(2)19-13-5-7-15-17(9-13)16-8-6-14(10-18(15)16)20-12(3)4/h5-10,19-20H,1,3H2,2,4H3. The summed E-state index contributed by atoms with van der Waals surface area (Å²) >= 11 is 0. The maximum Gasteiger partial charge on any atom is 0.0388 e. The highest BCUT2D eigenvalue weighted by Crippen LogP contribution is 2.49. The quantitative estimate of drug-likeness (QED) is 0.673. The van der Waals surface area contributed by atoms with Gasteiger partial charge in [0, 0.05) is 22.8 Å². The van der Waals surface area contributed by atoms with Crippen molar-refractivity contribution in [3.05, 3.63) is 61.0 Å². The normalized spacial score (nSPS) is 10.9. The zero-order valence-corrected chi connectivity index (χ0v) is 11.9. The van der Waals surface area contributed by atoms with Gasteiger partial charge in [0.2, 0.25) is 0 Å². The number of allylic oxidation sites excluding steroid dienone is 2. The zero-order chi connectivity index (χ0) is 14.3. The molecule has 0 aliphatic heterocycles. The van der Waals surface area contributed by atoms with Gasteiger partial charge in [0.15, 0.2) is 0 Å². The SMILES string of the molecule is C=C(C)Nc1ccc2c(c1)-c1ccc(NC(=C)C)cc1-2. The fraction of sp³-hybridized carbons (Fsp3) is 0.111. The van der Waals surface area contributed by atoms with E-state index < -0.39 is 0 Å². The van der Waals surface area contributed by atoms with Crippen LogP contribution in [0.2, 0.25) is 0 Å². The Balaban J connectivity index is 1.93. The summed E-state index contributed by atoms with van der Waals surface area (Å²) in [5.41, 5.74) is 9.28. The molecule has 2 aromatic rings. The van der Waals surface area contributed by atoms with Crippen LogP contribution in [0.15, 0.2) is 61.0 Å². The molecule has 0 heterocycles. The molecule has 0 spiro atoms. The zero-order valence-electron chi connectivity index (χ0n) is 11.9. The predicted molar refractivity (Wildman–Crippen MR) is 87.7 cm³/mol. The molecule has 2 heteroatoms. The number of hydrogen-bond acceptors (Lipinski definition) is 2. The van der Waals surface area contributed by atoms with Crippen LogP contribution in [-0.2, 0) is 0 Å². The number of anilines is 2. The highest BCUT2D eigenvalue weighted by molar-refractivity contribution is 6.04. The summed E-state index contributed by atoms with van der Waals surface area (Å²) < 4.78 is 0. The van der Waals surface area contributed by atoms with E-state index in [2.05, 4.69) is 60.2 Å². The molecule has 2 N–H and O–H groups in total. The van der Waals surface area contributed by atoms with Crippen LogP contribution in [0.4, 0.5) is 11.4 Å². The minimum absolute atomic E-state index is 0.950. The van der Waals surface area contributed by atoms with E-state index in [0.29, 0.717) is 0 Å². The molecule has 0 atom stereocenters. The molecule has 0 saturated heterocycles. The van der Waals surface area contributed by atoms with Crippen molar-refractivity contribution in [3.63, 3.8) is 0 Å². The summed E-state index contributed by atoms with van der Waals surface area (Å²) in [6.07, 6.45) is 0. The first-order valence-corrected chi connectivity index (χ1v) is 6.68. The molecule has 0 radical (unpaired) electrons. The summed E-state index contributed by atoms with van der Waals surface area (Å²) in [5.74, 6) is 0. The first-order chi connectivity index (χ1) is 9.54. The van der Waals surface area contributed by atoms with Crippen LogP contribution in [0.3, 0.4) is 0 Å². The van der Waals surface area contributed by atoms with Gasteiger partial charge in [-0.1, -0.05) is 25.3 Å². The van der Waals surface area contributed by atoms with E-state index in [1.807, 2.05) is 13.8 Å². The number of benzene rings is 2. The average molecular weight is 262 g/mol. The van der Waals surface area contributed by atoms with E-state index in [1.54, 1.807) is 0 Å². The number of nitrogens with one attached hydrogen (secondary N) is 2. The van der Waals surface area contributed by atoms with Crippen LogP contribution in [-0.4, -0.2) is 0 Å². The molecule has 0 unspecified atom stereocenters. The largest absolute Gasteiger partial charge is 0.360 e. The van der Waals surface area contributed by atoms with E-state index >= 15 is 0 Å². The third-order valence-corrected chi connectivity index (χ3v) is 3.33. The van der Waals surface area contributed by atoms with Crippen molar-refractivity contribution in [2.24, 2.45) is 0 Å². The van der Waals surface area contributed by atoms with Gasteiger partial charge >= 0.3 is 0 Å². The first-order valence-electron chi connectivity index (χ1n) is 6.68. The third-order valence-electron chi connectivity index (χ3n) is 3.33. The van der Waals surface area contributed by atoms with Gasteiger partial charge in [-0.3, -0.25) is 0 Å². The van der Waals surface area contributed by atoms with Crippen molar-refractivity contribution in [3.8, 4) is 22.3 Å². The Morgan fingerprint density at radius 3 is 1.45 bits per heavy atom. The van der Waals surface area contributed by atoms with E-state index in [1.165, 1.54) is 22.3 Å². The molecule has 20 heavy (non-hydrogen) atoms. The number of rotatable bonds is 4. The molecule has 0 fully saturated rings. The smallest absolute Gasteiger partial charge is 0.0388 e. The van der Waals surface area contributed by atoms with E-state index in [9.17, 15) is 0 Å². The van der Waals surface area contributed by atoms with Crippen molar-refractivity contribution >= 4 is 11.4 Å². The van der Waals surface area contributed by atoms with Crippen LogP contribution in [0.5, 0.6) is 0 Å². The highest BCUT2D eigenvalue weighted by atomic mass is 14.9. The lowest BCUT2D eigenvalue weighted by Crippen LogP contribution is -2.02. The monoisotopic (exact) mass is 262 g/mol. The van der Waals surface area contributed by atoms with Crippen molar-refractivity contribution in [1.82, 2.24) is 0 Å². The molecule has 100 valence electrons. The Morgan fingerprint density at radius 1 is 0.700 bits per heavy atom.